The number of halogens is 2. The third kappa shape index (κ3) is 4.50. The van der Waals surface area contributed by atoms with Crippen molar-refractivity contribution >= 4 is 11.8 Å². The first kappa shape index (κ1) is 16.8. The van der Waals surface area contributed by atoms with Gasteiger partial charge in [0.2, 0.25) is 5.95 Å². The maximum atomic E-state index is 13.3. The molecule has 0 amide bonds. The van der Waals surface area contributed by atoms with E-state index in [1.54, 1.807) is 0 Å². The number of hydrogen-bond acceptors (Lipinski definition) is 4. The maximum absolute atomic E-state index is 13.3. The fraction of sp³-hybridized carbons (Fsp3) is 0.158. The molecule has 6 heteroatoms. The lowest BCUT2D eigenvalue weighted by Gasteiger charge is -2.11. The molecule has 1 aromatic heterocycles. The molecule has 0 atom stereocenters. The molecule has 0 saturated heterocycles. The van der Waals surface area contributed by atoms with E-state index in [0.29, 0.717) is 23.9 Å². The van der Waals surface area contributed by atoms with Crippen LogP contribution in [0.4, 0.5) is 20.5 Å². The minimum atomic E-state index is -0.599. The Morgan fingerprint density at radius 1 is 0.880 bits per heavy atom. The summed E-state index contributed by atoms with van der Waals surface area (Å²) in [6.45, 7) is 2.90. The minimum Gasteiger partial charge on any atom is -0.366 e. The van der Waals surface area contributed by atoms with Crippen LogP contribution in [0.5, 0.6) is 0 Å². The summed E-state index contributed by atoms with van der Waals surface area (Å²) in [5, 5.41) is 6.19. The van der Waals surface area contributed by atoms with E-state index in [1.165, 1.54) is 12.1 Å². The molecule has 3 aromatic rings. The summed E-state index contributed by atoms with van der Waals surface area (Å²) in [6.07, 6.45) is 0. The second kappa shape index (κ2) is 7.70. The van der Waals surface area contributed by atoms with Crippen molar-refractivity contribution in [3.05, 3.63) is 71.8 Å². The van der Waals surface area contributed by atoms with Gasteiger partial charge in [-0.15, -0.1) is 0 Å². The van der Waals surface area contributed by atoms with Crippen molar-refractivity contribution in [3.63, 3.8) is 0 Å². The summed E-state index contributed by atoms with van der Waals surface area (Å²) in [6, 6.07) is 15.0. The van der Waals surface area contributed by atoms with Crippen LogP contribution in [0.1, 0.15) is 12.5 Å². The lowest BCUT2D eigenvalue weighted by atomic mass is 10.1. The quantitative estimate of drug-likeness (QED) is 0.695. The fourth-order valence-electron chi connectivity index (χ4n) is 2.44. The van der Waals surface area contributed by atoms with E-state index in [2.05, 4.69) is 20.6 Å². The zero-order valence-corrected chi connectivity index (χ0v) is 13.8. The van der Waals surface area contributed by atoms with Crippen molar-refractivity contribution in [2.45, 2.75) is 13.5 Å². The van der Waals surface area contributed by atoms with Crippen LogP contribution in [0.15, 0.2) is 54.6 Å². The van der Waals surface area contributed by atoms with E-state index in [9.17, 15) is 8.78 Å². The molecule has 1 heterocycles. The highest BCUT2D eigenvalue weighted by Gasteiger charge is 2.07. The molecule has 0 aliphatic heterocycles. The summed E-state index contributed by atoms with van der Waals surface area (Å²) in [5.74, 6) is -0.123. The largest absolute Gasteiger partial charge is 0.366 e. The Labute approximate surface area is 145 Å². The Balaban J connectivity index is 1.85. The summed E-state index contributed by atoms with van der Waals surface area (Å²) < 4.78 is 26.6. The summed E-state index contributed by atoms with van der Waals surface area (Å²) in [4.78, 5) is 8.88. The lowest BCUT2D eigenvalue weighted by Crippen LogP contribution is -2.07. The van der Waals surface area contributed by atoms with Gasteiger partial charge in [0.15, 0.2) is 0 Å². The SMILES string of the molecule is CCNc1nc(NCc2cc(F)cc(F)c2)cc(-c2ccccc2)n1. The van der Waals surface area contributed by atoms with Crippen LogP contribution >= 0.6 is 0 Å². The van der Waals surface area contributed by atoms with Gasteiger partial charge in [-0.25, -0.2) is 13.8 Å². The van der Waals surface area contributed by atoms with Crippen LogP contribution in [0.3, 0.4) is 0 Å². The van der Waals surface area contributed by atoms with Crippen LogP contribution in [-0.2, 0) is 6.54 Å². The van der Waals surface area contributed by atoms with Crippen molar-refractivity contribution in [2.75, 3.05) is 17.2 Å². The van der Waals surface area contributed by atoms with Crippen LogP contribution in [0, 0.1) is 11.6 Å². The predicted octanol–water partition coefficient (Wildman–Crippen LogP) is 4.47. The van der Waals surface area contributed by atoms with Gasteiger partial charge < -0.3 is 10.6 Å². The molecule has 0 spiro atoms. The first-order valence-corrected chi connectivity index (χ1v) is 8.01. The van der Waals surface area contributed by atoms with E-state index < -0.39 is 11.6 Å². The average Bonchev–Trinajstić information content (AvgIpc) is 2.60. The molecule has 0 radical (unpaired) electrons. The van der Waals surface area contributed by atoms with Crippen LogP contribution in [0.25, 0.3) is 11.3 Å². The molecule has 128 valence electrons. The van der Waals surface area contributed by atoms with Crippen molar-refractivity contribution < 1.29 is 8.78 Å². The van der Waals surface area contributed by atoms with Gasteiger partial charge in [-0.3, -0.25) is 0 Å². The third-order valence-electron chi connectivity index (χ3n) is 3.53. The van der Waals surface area contributed by atoms with Crippen molar-refractivity contribution in [2.24, 2.45) is 0 Å². The van der Waals surface area contributed by atoms with Crippen molar-refractivity contribution in [1.29, 1.82) is 0 Å². The monoisotopic (exact) mass is 340 g/mol. The van der Waals surface area contributed by atoms with Gasteiger partial charge in [0.25, 0.3) is 0 Å². The second-order valence-electron chi connectivity index (χ2n) is 5.49. The smallest absolute Gasteiger partial charge is 0.225 e. The van der Waals surface area contributed by atoms with Crippen LogP contribution in [0.2, 0.25) is 0 Å². The van der Waals surface area contributed by atoms with Crippen molar-refractivity contribution in [1.82, 2.24) is 9.97 Å². The number of nitrogens with one attached hydrogen (secondary N) is 2. The Kier molecular flexibility index (Phi) is 5.18. The average molecular weight is 340 g/mol. The Hall–Kier alpha value is -3.02. The van der Waals surface area contributed by atoms with Gasteiger partial charge >= 0.3 is 0 Å². The van der Waals surface area contributed by atoms with Gasteiger partial charge in [-0.2, -0.15) is 4.98 Å². The number of anilines is 2. The van der Waals surface area contributed by atoms with E-state index in [1.807, 2.05) is 43.3 Å². The highest BCUT2D eigenvalue weighted by Crippen LogP contribution is 2.21. The first-order valence-electron chi connectivity index (χ1n) is 8.01. The first-order chi connectivity index (χ1) is 12.1. The molecular formula is C19H18F2N4. The molecule has 3 rings (SSSR count). The predicted molar refractivity (Wildman–Crippen MR) is 95.3 cm³/mol. The number of nitrogens with zero attached hydrogens (tertiary/aromatic N) is 2. The Morgan fingerprint density at radius 3 is 2.28 bits per heavy atom. The highest BCUT2D eigenvalue weighted by atomic mass is 19.1. The molecule has 25 heavy (non-hydrogen) atoms. The lowest BCUT2D eigenvalue weighted by molar-refractivity contribution is 0.580. The summed E-state index contributed by atoms with van der Waals surface area (Å²) in [5.41, 5.74) is 2.23. The zero-order valence-electron chi connectivity index (χ0n) is 13.8. The van der Waals surface area contributed by atoms with Gasteiger partial charge in [0.05, 0.1) is 5.69 Å². The molecule has 4 nitrogen and oxygen atoms in total. The van der Waals surface area contributed by atoms with E-state index >= 15 is 0 Å². The molecule has 0 aliphatic rings. The molecule has 2 aromatic carbocycles. The van der Waals surface area contributed by atoms with Crippen molar-refractivity contribution in [3.8, 4) is 11.3 Å². The van der Waals surface area contributed by atoms with Crippen LogP contribution < -0.4 is 10.6 Å². The number of hydrogen-bond donors (Lipinski definition) is 2. The standard InChI is InChI=1S/C19H18F2N4/c1-2-22-19-24-17(14-6-4-3-5-7-14)11-18(25-19)23-12-13-8-15(20)10-16(21)9-13/h3-11H,2,12H2,1H3,(H2,22,23,24,25). The molecule has 0 saturated carbocycles. The van der Waals surface area contributed by atoms with Gasteiger partial charge in [-0.1, -0.05) is 30.3 Å². The third-order valence-corrected chi connectivity index (χ3v) is 3.53. The molecular weight excluding hydrogens is 322 g/mol. The number of rotatable bonds is 6. The Bertz CT molecular complexity index is 833. The van der Waals surface area contributed by atoms with Gasteiger partial charge in [0.1, 0.15) is 17.5 Å². The van der Waals surface area contributed by atoms with E-state index in [-0.39, 0.29) is 6.54 Å². The molecule has 2 N–H and O–H groups in total. The normalized spacial score (nSPS) is 10.5. The van der Waals surface area contributed by atoms with Crippen LogP contribution in [-0.4, -0.2) is 16.5 Å². The zero-order chi connectivity index (χ0) is 17.6. The molecule has 0 bridgehead atoms. The van der Waals surface area contributed by atoms with E-state index in [4.69, 9.17) is 0 Å². The second-order valence-corrected chi connectivity index (χ2v) is 5.49. The Morgan fingerprint density at radius 2 is 1.60 bits per heavy atom. The summed E-state index contributed by atoms with van der Waals surface area (Å²) in [7, 11) is 0. The molecule has 0 fully saturated rings. The molecule has 0 aliphatic carbocycles. The number of aromatic nitrogens is 2. The van der Waals surface area contributed by atoms with E-state index in [0.717, 1.165) is 17.3 Å². The maximum Gasteiger partial charge on any atom is 0.225 e. The highest BCUT2D eigenvalue weighted by molar-refractivity contribution is 5.64. The number of benzene rings is 2. The fourth-order valence-corrected chi connectivity index (χ4v) is 2.44. The van der Waals surface area contributed by atoms with Gasteiger partial charge in [0, 0.05) is 30.8 Å². The molecule has 0 unspecified atom stereocenters. The van der Waals surface area contributed by atoms with Gasteiger partial charge in [-0.05, 0) is 24.6 Å². The topological polar surface area (TPSA) is 49.8 Å². The minimum absolute atomic E-state index is 0.255. The summed E-state index contributed by atoms with van der Waals surface area (Å²) >= 11 is 0.